The van der Waals surface area contributed by atoms with Crippen molar-refractivity contribution in [3.8, 4) is 5.75 Å². The number of rotatable bonds is 4. The molecule has 1 aliphatic rings. The fourth-order valence-corrected chi connectivity index (χ4v) is 2.90. The van der Waals surface area contributed by atoms with Gasteiger partial charge < -0.3 is 10.1 Å². The molecule has 2 atom stereocenters. The lowest BCUT2D eigenvalue weighted by atomic mass is 9.89. The van der Waals surface area contributed by atoms with Crippen molar-refractivity contribution in [2.24, 2.45) is 0 Å². The van der Waals surface area contributed by atoms with E-state index in [1.165, 1.54) is 12.1 Å². The number of halogens is 2. The summed E-state index contributed by atoms with van der Waals surface area (Å²) in [5, 5.41) is 3.21. The van der Waals surface area contributed by atoms with E-state index in [1.54, 1.807) is 0 Å². The standard InChI is InChI=1S/C17H17F2NO/c1-20-16(9-11-8-12(18)6-7-15(11)19)14-10-21-17-5-3-2-4-13(14)17/h2-8,14,16,20H,9-10H2,1H3. The number of nitrogens with one attached hydrogen (secondary N) is 1. The monoisotopic (exact) mass is 289 g/mol. The van der Waals surface area contributed by atoms with Crippen molar-refractivity contribution in [2.75, 3.05) is 13.7 Å². The Morgan fingerprint density at radius 2 is 2.05 bits per heavy atom. The molecule has 3 rings (SSSR count). The second-order valence-corrected chi connectivity index (χ2v) is 5.29. The van der Waals surface area contributed by atoms with Gasteiger partial charge in [-0.1, -0.05) is 18.2 Å². The van der Waals surface area contributed by atoms with E-state index in [0.717, 1.165) is 17.4 Å². The van der Waals surface area contributed by atoms with Crippen LogP contribution in [0.15, 0.2) is 42.5 Å². The molecule has 2 aromatic carbocycles. The quantitative estimate of drug-likeness (QED) is 0.932. The molecule has 0 radical (unpaired) electrons. The molecular formula is C17H17F2NO. The zero-order valence-electron chi connectivity index (χ0n) is 11.8. The van der Waals surface area contributed by atoms with E-state index in [1.807, 2.05) is 31.3 Å². The Balaban J connectivity index is 1.85. The van der Waals surface area contributed by atoms with Crippen LogP contribution in [0.4, 0.5) is 8.78 Å². The van der Waals surface area contributed by atoms with Gasteiger partial charge in [0, 0.05) is 17.5 Å². The zero-order valence-corrected chi connectivity index (χ0v) is 11.8. The second kappa shape index (κ2) is 5.82. The van der Waals surface area contributed by atoms with Crippen molar-refractivity contribution < 1.29 is 13.5 Å². The maximum absolute atomic E-state index is 13.8. The Kier molecular flexibility index (Phi) is 3.88. The summed E-state index contributed by atoms with van der Waals surface area (Å²) in [6.45, 7) is 0.557. The van der Waals surface area contributed by atoms with E-state index in [-0.39, 0.29) is 17.8 Å². The molecule has 0 aliphatic carbocycles. The predicted molar refractivity (Wildman–Crippen MR) is 77.6 cm³/mol. The first-order chi connectivity index (χ1) is 10.2. The number of ether oxygens (including phenoxy) is 1. The molecule has 0 spiro atoms. The smallest absolute Gasteiger partial charge is 0.126 e. The van der Waals surface area contributed by atoms with Gasteiger partial charge in [-0.3, -0.25) is 0 Å². The summed E-state index contributed by atoms with van der Waals surface area (Å²) in [7, 11) is 1.84. The summed E-state index contributed by atoms with van der Waals surface area (Å²) < 4.78 is 32.8. The van der Waals surface area contributed by atoms with Crippen molar-refractivity contribution >= 4 is 0 Å². The molecule has 21 heavy (non-hydrogen) atoms. The molecule has 2 unspecified atom stereocenters. The lowest BCUT2D eigenvalue weighted by Gasteiger charge is -2.22. The van der Waals surface area contributed by atoms with E-state index in [0.29, 0.717) is 18.6 Å². The van der Waals surface area contributed by atoms with Gasteiger partial charge in [-0.05, 0) is 43.3 Å². The van der Waals surface area contributed by atoms with Crippen LogP contribution in [-0.2, 0) is 6.42 Å². The van der Waals surface area contributed by atoms with Crippen LogP contribution in [-0.4, -0.2) is 19.7 Å². The summed E-state index contributed by atoms with van der Waals surface area (Å²) in [4.78, 5) is 0. The summed E-state index contributed by atoms with van der Waals surface area (Å²) in [5.41, 5.74) is 1.51. The maximum Gasteiger partial charge on any atom is 0.126 e. The van der Waals surface area contributed by atoms with Crippen LogP contribution in [0.3, 0.4) is 0 Å². The van der Waals surface area contributed by atoms with Gasteiger partial charge >= 0.3 is 0 Å². The van der Waals surface area contributed by atoms with Crippen molar-refractivity contribution in [1.82, 2.24) is 5.32 Å². The summed E-state index contributed by atoms with van der Waals surface area (Å²) in [6, 6.07) is 11.4. The van der Waals surface area contributed by atoms with Gasteiger partial charge in [0.1, 0.15) is 17.4 Å². The first-order valence-corrected chi connectivity index (χ1v) is 7.02. The van der Waals surface area contributed by atoms with Gasteiger partial charge in [-0.25, -0.2) is 8.78 Å². The molecule has 1 heterocycles. The molecule has 110 valence electrons. The van der Waals surface area contributed by atoms with Gasteiger partial charge in [-0.2, -0.15) is 0 Å². The molecule has 0 aromatic heterocycles. The minimum Gasteiger partial charge on any atom is -0.493 e. The number of para-hydroxylation sites is 1. The van der Waals surface area contributed by atoms with Gasteiger partial charge in [0.25, 0.3) is 0 Å². The largest absolute Gasteiger partial charge is 0.493 e. The topological polar surface area (TPSA) is 21.3 Å². The van der Waals surface area contributed by atoms with Gasteiger partial charge in [0.15, 0.2) is 0 Å². The minimum absolute atomic E-state index is 0.00931. The highest BCUT2D eigenvalue weighted by molar-refractivity contribution is 5.41. The molecule has 0 fully saturated rings. The number of hydrogen-bond donors (Lipinski definition) is 1. The van der Waals surface area contributed by atoms with Crippen LogP contribution in [0.1, 0.15) is 17.0 Å². The van der Waals surface area contributed by atoms with Gasteiger partial charge in [0.05, 0.1) is 6.61 Å². The summed E-state index contributed by atoms with van der Waals surface area (Å²) in [6.07, 6.45) is 0.419. The molecule has 0 saturated heterocycles. The Bertz CT molecular complexity index is 644. The molecular weight excluding hydrogens is 272 g/mol. The van der Waals surface area contributed by atoms with E-state index < -0.39 is 5.82 Å². The number of hydrogen-bond acceptors (Lipinski definition) is 2. The lowest BCUT2D eigenvalue weighted by molar-refractivity contribution is 0.301. The predicted octanol–water partition coefficient (Wildman–Crippen LogP) is 3.27. The SMILES string of the molecule is CNC(Cc1cc(F)ccc1F)C1COc2ccccc21. The Morgan fingerprint density at radius 3 is 2.86 bits per heavy atom. The van der Waals surface area contributed by atoms with E-state index in [9.17, 15) is 8.78 Å². The number of likely N-dealkylation sites (N-methyl/N-ethyl adjacent to an activating group) is 1. The third-order valence-electron chi connectivity index (χ3n) is 4.04. The fraction of sp³-hybridized carbons (Fsp3) is 0.294. The van der Waals surface area contributed by atoms with Crippen molar-refractivity contribution in [2.45, 2.75) is 18.4 Å². The molecule has 0 bridgehead atoms. The van der Waals surface area contributed by atoms with Crippen LogP contribution >= 0.6 is 0 Å². The highest BCUT2D eigenvalue weighted by atomic mass is 19.1. The van der Waals surface area contributed by atoms with E-state index >= 15 is 0 Å². The van der Waals surface area contributed by atoms with Crippen molar-refractivity contribution in [1.29, 1.82) is 0 Å². The van der Waals surface area contributed by atoms with Crippen LogP contribution < -0.4 is 10.1 Å². The van der Waals surface area contributed by atoms with Crippen LogP contribution in [0.2, 0.25) is 0 Å². The molecule has 1 aliphatic heterocycles. The first kappa shape index (κ1) is 14.0. The average molecular weight is 289 g/mol. The molecule has 2 nitrogen and oxygen atoms in total. The summed E-state index contributed by atoms with van der Waals surface area (Å²) in [5.74, 6) is 0.226. The van der Waals surface area contributed by atoms with Crippen molar-refractivity contribution in [3.63, 3.8) is 0 Å². The molecule has 1 N–H and O–H groups in total. The number of benzene rings is 2. The highest BCUT2D eigenvalue weighted by Crippen LogP contribution is 2.36. The highest BCUT2D eigenvalue weighted by Gasteiger charge is 2.30. The third-order valence-corrected chi connectivity index (χ3v) is 4.04. The first-order valence-electron chi connectivity index (χ1n) is 7.02. The average Bonchev–Trinajstić information content (AvgIpc) is 2.92. The lowest BCUT2D eigenvalue weighted by Crippen LogP contribution is -2.35. The van der Waals surface area contributed by atoms with Crippen LogP contribution in [0.25, 0.3) is 0 Å². The van der Waals surface area contributed by atoms with Crippen LogP contribution in [0, 0.1) is 11.6 Å². The van der Waals surface area contributed by atoms with E-state index in [4.69, 9.17) is 4.74 Å². The Labute approximate surface area is 122 Å². The van der Waals surface area contributed by atoms with Crippen molar-refractivity contribution in [3.05, 3.63) is 65.2 Å². The summed E-state index contributed by atoms with van der Waals surface area (Å²) >= 11 is 0. The molecule has 2 aromatic rings. The third kappa shape index (κ3) is 2.76. The van der Waals surface area contributed by atoms with E-state index in [2.05, 4.69) is 5.32 Å². The maximum atomic E-state index is 13.8. The number of fused-ring (bicyclic) bond motifs is 1. The van der Waals surface area contributed by atoms with Gasteiger partial charge in [-0.15, -0.1) is 0 Å². The minimum atomic E-state index is -0.413. The normalized spacial score (nSPS) is 18.1. The van der Waals surface area contributed by atoms with Gasteiger partial charge in [0.2, 0.25) is 0 Å². The molecule has 4 heteroatoms. The Hall–Kier alpha value is -1.94. The Morgan fingerprint density at radius 1 is 1.24 bits per heavy atom. The zero-order chi connectivity index (χ0) is 14.8. The second-order valence-electron chi connectivity index (χ2n) is 5.29. The molecule has 0 saturated carbocycles. The van der Waals surface area contributed by atoms with Crippen LogP contribution in [0.5, 0.6) is 5.75 Å². The molecule has 0 amide bonds. The fourth-order valence-electron chi connectivity index (χ4n) is 2.90.